The zero-order chi connectivity index (χ0) is 20.6. The van der Waals surface area contributed by atoms with E-state index in [-0.39, 0.29) is 23.7 Å². The Kier molecular flexibility index (Phi) is 5.97. The van der Waals surface area contributed by atoms with Crippen LogP contribution in [0.4, 0.5) is 0 Å². The first-order valence-electron chi connectivity index (χ1n) is 11.9. The molecule has 4 rings (SSSR count). The van der Waals surface area contributed by atoms with E-state index in [1.807, 2.05) is 0 Å². The first kappa shape index (κ1) is 21.1. The summed E-state index contributed by atoms with van der Waals surface area (Å²) in [6.45, 7) is 4.13. The van der Waals surface area contributed by atoms with Crippen LogP contribution < -0.4 is 0 Å². The third-order valence-electron chi connectivity index (χ3n) is 8.60. The summed E-state index contributed by atoms with van der Waals surface area (Å²) in [5, 5.41) is 20.6. The smallest absolute Gasteiger partial charge is 0.161 e. The second kappa shape index (κ2) is 8.20. The molecule has 0 amide bonds. The van der Waals surface area contributed by atoms with Crippen molar-refractivity contribution >= 4 is 5.78 Å². The highest BCUT2D eigenvalue weighted by atomic mass is 16.3. The van der Waals surface area contributed by atoms with Crippen LogP contribution >= 0.6 is 0 Å². The van der Waals surface area contributed by atoms with Crippen LogP contribution in [0.25, 0.3) is 0 Å². The van der Waals surface area contributed by atoms with Crippen molar-refractivity contribution in [1.29, 1.82) is 0 Å². The molecule has 0 aromatic carbocycles. The summed E-state index contributed by atoms with van der Waals surface area (Å²) in [4.78, 5) is 12.3. The van der Waals surface area contributed by atoms with Gasteiger partial charge in [0.15, 0.2) is 5.78 Å². The third kappa shape index (κ3) is 4.21. The summed E-state index contributed by atoms with van der Waals surface area (Å²) in [6.07, 6.45) is 13.7. The Morgan fingerprint density at radius 2 is 2.07 bits per heavy atom. The normalized spacial score (nSPS) is 38.1. The lowest BCUT2D eigenvalue weighted by Gasteiger charge is -2.50. The number of fused-ring (bicyclic) bond motifs is 3. The molecule has 0 aromatic heterocycles. The second-order valence-corrected chi connectivity index (χ2v) is 10.6. The molecule has 4 aliphatic rings. The number of hydrogen-bond donors (Lipinski definition) is 2. The minimum Gasteiger partial charge on any atom is -0.389 e. The number of rotatable bonds is 6. The van der Waals surface area contributed by atoms with E-state index in [0.29, 0.717) is 30.1 Å². The fraction of sp³-hybridized carbons (Fsp3) is 0.808. The first-order valence-corrected chi connectivity index (χ1v) is 11.9. The molecule has 0 radical (unpaired) electrons. The van der Waals surface area contributed by atoms with E-state index < -0.39 is 5.60 Å². The lowest BCUT2D eigenvalue weighted by atomic mass is 9.54. The molecular weight excluding hydrogens is 360 g/mol. The van der Waals surface area contributed by atoms with Crippen molar-refractivity contribution in [2.24, 2.45) is 35.0 Å². The van der Waals surface area contributed by atoms with Crippen molar-refractivity contribution in [3.05, 3.63) is 11.6 Å². The van der Waals surface area contributed by atoms with Crippen molar-refractivity contribution in [3.63, 3.8) is 0 Å². The molecular formula is C26H38O3. The van der Waals surface area contributed by atoms with E-state index in [4.69, 9.17) is 0 Å². The third-order valence-corrected chi connectivity index (χ3v) is 8.60. The summed E-state index contributed by atoms with van der Waals surface area (Å²) in [7, 11) is 0. The van der Waals surface area contributed by atoms with Gasteiger partial charge in [0.2, 0.25) is 0 Å². The van der Waals surface area contributed by atoms with Gasteiger partial charge in [-0.05, 0) is 81.0 Å². The van der Waals surface area contributed by atoms with E-state index in [1.165, 1.54) is 24.8 Å². The van der Waals surface area contributed by atoms with Gasteiger partial charge >= 0.3 is 0 Å². The fourth-order valence-electron chi connectivity index (χ4n) is 6.93. The first-order chi connectivity index (χ1) is 13.9. The van der Waals surface area contributed by atoms with Gasteiger partial charge in [0.25, 0.3) is 0 Å². The molecule has 6 atom stereocenters. The standard InChI is InChI=1S/C26H38O3/c1-3-12-26(29,14-10-18-4-5-18)16-19-6-7-21-20(15-19)11-13-25(2)22(21)8-9-23(25)24(28)17-27/h6,18,20-23,27,29H,3-5,7-9,11-13,15-17H2,1-2H3/t20-,21-,22+,23-,25+,26+/m1/s1. The molecule has 0 heterocycles. The van der Waals surface area contributed by atoms with E-state index >= 15 is 0 Å². The van der Waals surface area contributed by atoms with Gasteiger partial charge in [-0.2, -0.15) is 0 Å². The summed E-state index contributed by atoms with van der Waals surface area (Å²) < 4.78 is 0. The van der Waals surface area contributed by atoms with Gasteiger partial charge in [-0.25, -0.2) is 0 Å². The Labute approximate surface area is 176 Å². The predicted molar refractivity (Wildman–Crippen MR) is 115 cm³/mol. The van der Waals surface area contributed by atoms with Gasteiger partial charge in [0, 0.05) is 18.3 Å². The minimum atomic E-state index is -0.856. The number of hydrogen-bond acceptors (Lipinski definition) is 3. The van der Waals surface area contributed by atoms with Crippen molar-refractivity contribution in [3.8, 4) is 11.8 Å². The van der Waals surface area contributed by atoms with Crippen LogP contribution in [0.15, 0.2) is 11.6 Å². The van der Waals surface area contributed by atoms with Gasteiger partial charge < -0.3 is 10.2 Å². The number of aliphatic hydroxyl groups is 2. The van der Waals surface area contributed by atoms with E-state index in [2.05, 4.69) is 31.8 Å². The molecule has 2 N–H and O–H groups in total. The largest absolute Gasteiger partial charge is 0.389 e. The van der Waals surface area contributed by atoms with Crippen LogP contribution in [-0.4, -0.2) is 28.2 Å². The maximum Gasteiger partial charge on any atom is 0.161 e. The summed E-state index contributed by atoms with van der Waals surface area (Å²) in [5.74, 6) is 9.12. The molecule has 0 aromatic rings. The SMILES string of the molecule is CCC[C@](O)(C#CC1CC1)CC1=CC[C@@H]2[C@H](CC[C@]3(C)[C@@H](C(=O)CO)CC[C@@H]23)C1. The van der Waals surface area contributed by atoms with Gasteiger partial charge in [-0.15, -0.1) is 0 Å². The second-order valence-electron chi connectivity index (χ2n) is 10.6. The highest BCUT2D eigenvalue weighted by molar-refractivity contribution is 5.83. The zero-order valence-corrected chi connectivity index (χ0v) is 18.3. The van der Waals surface area contributed by atoms with Crippen LogP contribution in [0.1, 0.15) is 84.5 Å². The molecule has 0 bridgehead atoms. The Balaban J connectivity index is 1.46. The molecule has 29 heavy (non-hydrogen) atoms. The van der Waals surface area contributed by atoms with Crippen molar-refractivity contribution < 1.29 is 15.0 Å². The average Bonchev–Trinajstić information content (AvgIpc) is 3.46. The highest BCUT2D eigenvalue weighted by Crippen LogP contribution is 2.61. The molecule has 160 valence electrons. The Morgan fingerprint density at radius 1 is 1.28 bits per heavy atom. The molecule has 3 saturated carbocycles. The highest BCUT2D eigenvalue weighted by Gasteiger charge is 2.55. The topological polar surface area (TPSA) is 57.5 Å². The summed E-state index contributed by atoms with van der Waals surface area (Å²) in [6, 6.07) is 0. The quantitative estimate of drug-likeness (QED) is 0.505. The number of carbonyl (C=O) groups excluding carboxylic acids is 1. The van der Waals surface area contributed by atoms with Crippen LogP contribution in [0.3, 0.4) is 0 Å². The number of carbonyl (C=O) groups is 1. The molecule has 3 nitrogen and oxygen atoms in total. The van der Waals surface area contributed by atoms with Gasteiger partial charge in [0.05, 0.1) is 0 Å². The van der Waals surface area contributed by atoms with Crippen LogP contribution in [-0.2, 0) is 4.79 Å². The summed E-state index contributed by atoms with van der Waals surface area (Å²) >= 11 is 0. The van der Waals surface area contributed by atoms with E-state index in [0.717, 1.165) is 44.9 Å². The molecule has 0 saturated heterocycles. The molecule has 0 spiro atoms. The van der Waals surface area contributed by atoms with Gasteiger partial charge in [-0.3, -0.25) is 4.79 Å². The molecule has 4 aliphatic carbocycles. The fourth-order valence-corrected chi connectivity index (χ4v) is 6.93. The van der Waals surface area contributed by atoms with Gasteiger partial charge in [0.1, 0.15) is 12.2 Å². The lowest BCUT2D eigenvalue weighted by Crippen LogP contribution is -2.44. The molecule has 0 unspecified atom stereocenters. The van der Waals surface area contributed by atoms with Crippen molar-refractivity contribution in [2.45, 2.75) is 90.1 Å². The molecule has 0 aliphatic heterocycles. The molecule has 3 heteroatoms. The van der Waals surface area contributed by atoms with Crippen LogP contribution in [0.2, 0.25) is 0 Å². The molecule has 3 fully saturated rings. The van der Waals surface area contributed by atoms with Crippen molar-refractivity contribution in [2.75, 3.05) is 6.61 Å². The Bertz CT molecular complexity index is 724. The maximum atomic E-state index is 12.3. The predicted octanol–water partition coefficient (Wildman–Crippen LogP) is 4.66. The number of aliphatic hydroxyl groups excluding tert-OH is 1. The van der Waals surface area contributed by atoms with Gasteiger partial charge in [-0.1, -0.05) is 43.8 Å². The van der Waals surface area contributed by atoms with E-state index in [9.17, 15) is 15.0 Å². The van der Waals surface area contributed by atoms with Crippen LogP contribution in [0.5, 0.6) is 0 Å². The van der Waals surface area contributed by atoms with Crippen molar-refractivity contribution in [1.82, 2.24) is 0 Å². The minimum absolute atomic E-state index is 0.0520. The number of ketones is 1. The van der Waals surface area contributed by atoms with Crippen LogP contribution in [0, 0.1) is 46.8 Å². The monoisotopic (exact) mass is 398 g/mol. The zero-order valence-electron chi connectivity index (χ0n) is 18.3. The number of allylic oxidation sites excluding steroid dienone is 1. The lowest BCUT2D eigenvalue weighted by molar-refractivity contribution is -0.131. The van der Waals surface area contributed by atoms with E-state index in [1.54, 1.807) is 0 Å². The average molecular weight is 399 g/mol. The number of Topliss-reactive ketones (excluding diaryl/α,β-unsaturated/α-hetero) is 1. The Hall–Kier alpha value is -1.11. The summed E-state index contributed by atoms with van der Waals surface area (Å²) in [5.41, 5.74) is 0.618. The maximum absolute atomic E-state index is 12.3. The Morgan fingerprint density at radius 3 is 2.76 bits per heavy atom.